The zero-order valence-electron chi connectivity index (χ0n) is 33.5. The van der Waals surface area contributed by atoms with Crippen LogP contribution in [0.3, 0.4) is 0 Å². The highest BCUT2D eigenvalue weighted by molar-refractivity contribution is 7.90. The number of methoxy groups -OCH3 is 2. The van der Waals surface area contributed by atoms with Crippen LogP contribution in [0, 0.1) is 11.8 Å². The maximum absolute atomic E-state index is 14.0. The van der Waals surface area contributed by atoms with E-state index in [0.29, 0.717) is 44.3 Å². The van der Waals surface area contributed by atoms with E-state index in [2.05, 4.69) is 15.4 Å². The van der Waals surface area contributed by atoms with Crippen LogP contribution in [-0.2, 0) is 45.1 Å². The Balaban J connectivity index is 1.78. The minimum atomic E-state index is -3.92. The number of sulfonamides is 1. The van der Waals surface area contributed by atoms with E-state index in [4.69, 9.17) is 19.9 Å². The first kappa shape index (κ1) is 45.6. The Morgan fingerprint density at radius 2 is 1.64 bits per heavy atom. The van der Waals surface area contributed by atoms with Gasteiger partial charge in [-0.05, 0) is 62.6 Å². The molecule has 5 amide bonds. The summed E-state index contributed by atoms with van der Waals surface area (Å²) in [5.41, 5.74) is 6.49. The third-order valence-corrected chi connectivity index (χ3v) is 12.4. The van der Waals surface area contributed by atoms with Gasteiger partial charge in [0.05, 0.1) is 47.9 Å². The lowest BCUT2D eigenvalue weighted by Crippen LogP contribution is -2.56. The number of ether oxygens (including phenoxy) is 3. The normalized spacial score (nSPS) is 19.6. The van der Waals surface area contributed by atoms with Crippen molar-refractivity contribution in [2.45, 2.75) is 128 Å². The zero-order valence-corrected chi connectivity index (χ0v) is 34.4. The van der Waals surface area contributed by atoms with Crippen LogP contribution in [0.25, 0.3) is 0 Å². The topological polar surface area (TPSA) is 216 Å². The van der Waals surface area contributed by atoms with E-state index >= 15 is 0 Å². The highest BCUT2D eigenvalue weighted by Gasteiger charge is 2.43. The van der Waals surface area contributed by atoms with Crippen molar-refractivity contribution in [1.82, 2.24) is 25.2 Å². The van der Waals surface area contributed by atoms with Crippen molar-refractivity contribution in [3.8, 4) is 5.75 Å². The largest absolute Gasteiger partial charge is 0.412 e. The Hall–Kier alpha value is -3.80. The Morgan fingerprint density at radius 3 is 2.18 bits per heavy atom. The van der Waals surface area contributed by atoms with Crippen LogP contribution < -0.4 is 25.8 Å². The summed E-state index contributed by atoms with van der Waals surface area (Å²) in [6, 6.07) is 3.43. The van der Waals surface area contributed by atoms with Gasteiger partial charge in [-0.2, -0.15) is 0 Å². The summed E-state index contributed by atoms with van der Waals surface area (Å²) in [5, 5.41) is 4.70. The van der Waals surface area contributed by atoms with Gasteiger partial charge in [-0.15, -0.1) is 0 Å². The van der Waals surface area contributed by atoms with Crippen molar-refractivity contribution >= 4 is 39.7 Å². The molecule has 5 N–H and O–H groups in total. The average molecular weight is 795 g/mol. The van der Waals surface area contributed by atoms with Crippen molar-refractivity contribution in [2.24, 2.45) is 17.6 Å². The van der Waals surface area contributed by atoms with Gasteiger partial charge in [-0.3, -0.25) is 23.9 Å². The molecule has 2 aliphatic rings. The second-order valence-corrected chi connectivity index (χ2v) is 16.8. The SMILES string of the molecule is CCCNC(=O)Oc1ccc(C[C@H](NC(=O)[C@H](C)[C@@H](OC)[C@@H]2CCCN2C(=O)C[C@@H](OC)[C@H]([C@@H](C)CC)N(C)C(=O)[C@H](C)N)C(=O)NS(=O)(=O)C2CC2)cc1. The van der Waals surface area contributed by atoms with Gasteiger partial charge in [0.2, 0.25) is 27.7 Å². The van der Waals surface area contributed by atoms with Crippen LogP contribution >= 0.6 is 0 Å². The third kappa shape index (κ3) is 12.6. The number of nitrogens with two attached hydrogens (primary N) is 1. The molecule has 2 fully saturated rings. The molecule has 16 nitrogen and oxygen atoms in total. The molecule has 55 heavy (non-hydrogen) atoms. The van der Waals surface area contributed by atoms with E-state index in [9.17, 15) is 32.4 Å². The average Bonchev–Trinajstić information content (AvgIpc) is 3.92. The molecule has 1 aliphatic heterocycles. The Labute approximate surface area is 326 Å². The molecule has 0 bridgehead atoms. The van der Waals surface area contributed by atoms with Gasteiger partial charge in [-0.25, -0.2) is 13.2 Å². The lowest BCUT2D eigenvalue weighted by molar-refractivity contribution is -0.146. The monoisotopic (exact) mass is 794 g/mol. The van der Waals surface area contributed by atoms with Crippen molar-refractivity contribution in [1.29, 1.82) is 0 Å². The number of likely N-dealkylation sites (tertiary alicyclic amines) is 1. The van der Waals surface area contributed by atoms with Gasteiger partial charge < -0.3 is 40.4 Å². The molecular weight excluding hydrogens is 733 g/mol. The van der Waals surface area contributed by atoms with Crippen LogP contribution in [0.1, 0.15) is 85.1 Å². The molecule has 0 spiro atoms. The molecular formula is C38H62N6O10S. The number of likely N-dealkylation sites (N-methyl/N-ethyl adjacent to an activating group) is 1. The summed E-state index contributed by atoms with van der Waals surface area (Å²) in [4.78, 5) is 69.5. The maximum Gasteiger partial charge on any atom is 0.412 e. The fourth-order valence-corrected chi connectivity index (χ4v) is 8.46. The summed E-state index contributed by atoms with van der Waals surface area (Å²) >= 11 is 0. The fraction of sp³-hybridized carbons (Fsp3) is 0.711. The predicted octanol–water partition coefficient (Wildman–Crippen LogP) is 2.09. The third-order valence-electron chi connectivity index (χ3n) is 10.6. The van der Waals surface area contributed by atoms with Crippen molar-refractivity contribution < 1.29 is 46.6 Å². The smallest absolute Gasteiger partial charge is 0.410 e. The number of benzene rings is 1. The number of nitrogens with zero attached hydrogens (tertiary/aromatic N) is 2. The first-order chi connectivity index (χ1) is 26.0. The minimum Gasteiger partial charge on any atom is -0.410 e. The van der Waals surface area contributed by atoms with Gasteiger partial charge in [-0.1, -0.05) is 46.2 Å². The molecule has 0 aromatic heterocycles. The number of nitrogens with one attached hydrogen (secondary N) is 3. The molecule has 1 heterocycles. The molecule has 3 rings (SSSR count). The van der Waals surface area contributed by atoms with E-state index < -0.39 is 75.5 Å². The highest BCUT2D eigenvalue weighted by Crippen LogP contribution is 2.30. The van der Waals surface area contributed by atoms with Crippen LogP contribution in [0.5, 0.6) is 5.75 Å². The summed E-state index contributed by atoms with van der Waals surface area (Å²) in [5.74, 6) is -2.51. The van der Waals surface area contributed by atoms with E-state index in [1.807, 2.05) is 20.8 Å². The molecule has 8 atom stereocenters. The number of carbonyl (C=O) groups excluding carboxylic acids is 5. The second-order valence-electron chi connectivity index (χ2n) is 14.8. The zero-order chi connectivity index (χ0) is 41.0. The maximum atomic E-state index is 14.0. The number of carbonyl (C=O) groups is 5. The quantitative estimate of drug-likeness (QED) is 0.141. The van der Waals surface area contributed by atoms with E-state index in [-0.39, 0.29) is 36.3 Å². The molecule has 310 valence electrons. The van der Waals surface area contributed by atoms with Gasteiger partial charge in [0.25, 0.3) is 5.91 Å². The lowest BCUT2D eigenvalue weighted by Gasteiger charge is -2.39. The number of hydrogen-bond acceptors (Lipinski definition) is 11. The molecule has 17 heteroatoms. The van der Waals surface area contributed by atoms with Gasteiger partial charge in [0, 0.05) is 40.8 Å². The van der Waals surface area contributed by atoms with Crippen LogP contribution in [-0.4, -0.2) is 124 Å². The molecule has 1 aromatic rings. The molecule has 1 aromatic carbocycles. The number of rotatable bonds is 21. The standard InChI is InChI=1S/C38H62N6O10S/c1-9-19-40-38(49)54-27-15-13-26(14-16-27)21-29(36(47)42-55(50,51)28-17-18-28)41-35(46)24(4)34(53-8)30-12-11-20-44(30)32(45)22-31(52-7)33(23(3)10-2)43(6)37(48)25(5)39/h13-16,23-25,28-31,33-34H,9-12,17-22,39H2,1-8H3,(H,40,49)(H,41,46)(H,42,47)/t23-,24+,25-,29-,30-,31+,33-,34+/m0/s1. The predicted molar refractivity (Wildman–Crippen MR) is 206 cm³/mol. The van der Waals surface area contributed by atoms with Crippen molar-refractivity contribution in [3.63, 3.8) is 0 Å². The molecule has 1 saturated heterocycles. The van der Waals surface area contributed by atoms with E-state index in [1.54, 1.807) is 55.0 Å². The second kappa shape index (κ2) is 20.9. The van der Waals surface area contributed by atoms with Crippen molar-refractivity contribution in [2.75, 3.05) is 34.4 Å². The summed E-state index contributed by atoms with van der Waals surface area (Å²) in [6.45, 7) is 10.1. The summed E-state index contributed by atoms with van der Waals surface area (Å²) in [6.07, 6.45) is 1.53. The minimum absolute atomic E-state index is 0.00277. The Kier molecular flexibility index (Phi) is 17.3. The molecule has 1 saturated carbocycles. The Bertz CT molecular complexity index is 1570. The van der Waals surface area contributed by atoms with Gasteiger partial charge in [0.1, 0.15) is 11.8 Å². The molecule has 1 aliphatic carbocycles. The molecule has 0 unspecified atom stereocenters. The van der Waals surface area contributed by atoms with E-state index in [1.165, 1.54) is 14.2 Å². The number of hydrogen-bond donors (Lipinski definition) is 4. The van der Waals surface area contributed by atoms with E-state index in [0.717, 1.165) is 12.8 Å². The molecule has 0 radical (unpaired) electrons. The Morgan fingerprint density at radius 1 is 0.982 bits per heavy atom. The highest BCUT2D eigenvalue weighted by atomic mass is 32.2. The van der Waals surface area contributed by atoms with Crippen molar-refractivity contribution in [3.05, 3.63) is 29.8 Å². The lowest BCUT2D eigenvalue weighted by atomic mass is 9.90. The van der Waals surface area contributed by atoms with Gasteiger partial charge in [0.15, 0.2) is 0 Å². The van der Waals surface area contributed by atoms with Crippen LogP contribution in [0.4, 0.5) is 4.79 Å². The van der Waals surface area contributed by atoms with Crippen LogP contribution in [0.15, 0.2) is 24.3 Å². The fourth-order valence-electron chi connectivity index (χ4n) is 7.11. The van der Waals surface area contributed by atoms with Gasteiger partial charge >= 0.3 is 6.09 Å². The summed E-state index contributed by atoms with van der Waals surface area (Å²) < 4.78 is 44.6. The summed E-state index contributed by atoms with van der Waals surface area (Å²) in [7, 11) is 0.725. The first-order valence-corrected chi connectivity index (χ1v) is 20.8. The van der Waals surface area contributed by atoms with Crippen LogP contribution in [0.2, 0.25) is 0 Å². The first-order valence-electron chi connectivity index (χ1n) is 19.3. The number of amides is 5.